The van der Waals surface area contributed by atoms with Gasteiger partial charge in [-0.2, -0.15) is 0 Å². The number of hydrogen-bond donors (Lipinski definition) is 2. The van der Waals surface area contributed by atoms with Crippen LogP contribution in [0.5, 0.6) is 0 Å². The van der Waals surface area contributed by atoms with Crippen LogP contribution in [0.1, 0.15) is 47.8 Å². The Morgan fingerprint density at radius 1 is 1.42 bits per heavy atom. The average Bonchev–Trinajstić information content (AvgIpc) is 2.69. The maximum absolute atomic E-state index is 12.1. The molecule has 0 aliphatic heterocycles. The maximum Gasteiger partial charge on any atom is 0.289 e. The zero-order chi connectivity index (χ0) is 13.1. The molecule has 3 N–H and O–H groups in total. The number of aromatic nitrogens is 1. The summed E-state index contributed by atoms with van der Waals surface area (Å²) in [6, 6.07) is 0.168. The van der Waals surface area contributed by atoms with Crippen molar-refractivity contribution in [3.8, 4) is 0 Å². The van der Waals surface area contributed by atoms with Gasteiger partial charge in [-0.05, 0) is 32.2 Å². The molecule has 1 aliphatic rings. The highest BCUT2D eigenvalue weighted by molar-refractivity contribution is 5.92. The standard InChI is InChI=1S/C13H21N3O2.ClH/c1-8-12(18-9(2)15-8)13(17)16-11-6-4-3-5-10(11)7-14;/h10-11H,3-7,14H2,1-2H3,(H,16,17);1H. The molecule has 2 atom stereocenters. The van der Waals surface area contributed by atoms with E-state index in [9.17, 15) is 4.79 Å². The van der Waals surface area contributed by atoms with Crippen LogP contribution in [0.3, 0.4) is 0 Å². The first-order valence-electron chi connectivity index (χ1n) is 6.56. The lowest BCUT2D eigenvalue weighted by atomic mass is 9.84. The minimum atomic E-state index is -0.168. The molecule has 1 amide bonds. The van der Waals surface area contributed by atoms with Crippen LogP contribution in [0.15, 0.2) is 4.42 Å². The molecule has 0 bridgehead atoms. The smallest absolute Gasteiger partial charge is 0.289 e. The fourth-order valence-electron chi connectivity index (χ4n) is 2.66. The predicted octanol–water partition coefficient (Wildman–Crippen LogP) is 1.96. The third-order valence-electron chi connectivity index (χ3n) is 3.64. The molecular weight excluding hydrogens is 266 g/mol. The van der Waals surface area contributed by atoms with E-state index in [-0.39, 0.29) is 24.4 Å². The fraction of sp³-hybridized carbons (Fsp3) is 0.692. The molecule has 6 heteroatoms. The molecular formula is C13H22ClN3O2. The van der Waals surface area contributed by atoms with E-state index in [0.717, 1.165) is 19.3 Å². The molecule has 108 valence electrons. The summed E-state index contributed by atoms with van der Waals surface area (Å²) in [5.74, 6) is 1.07. The van der Waals surface area contributed by atoms with Crippen molar-refractivity contribution in [2.75, 3.05) is 6.54 Å². The Bertz CT molecular complexity index is 434. The number of carbonyl (C=O) groups is 1. The highest BCUT2D eigenvalue weighted by atomic mass is 35.5. The summed E-state index contributed by atoms with van der Waals surface area (Å²) in [7, 11) is 0. The fourth-order valence-corrected chi connectivity index (χ4v) is 2.66. The third-order valence-corrected chi connectivity index (χ3v) is 3.64. The number of nitrogens with one attached hydrogen (secondary N) is 1. The molecule has 2 unspecified atom stereocenters. The summed E-state index contributed by atoms with van der Waals surface area (Å²) in [5, 5.41) is 3.04. The van der Waals surface area contributed by atoms with Crippen LogP contribution in [-0.2, 0) is 0 Å². The normalized spacial score (nSPS) is 22.7. The van der Waals surface area contributed by atoms with Gasteiger partial charge in [0, 0.05) is 13.0 Å². The number of amides is 1. The van der Waals surface area contributed by atoms with Crippen molar-refractivity contribution >= 4 is 18.3 Å². The molecule has 0 aromatic carbocycles. The van der Waals surface area contributed by atoms with Gasteiger partial charge in [0.05, 0.1) is 5.69 Å². The van der Waals surface area contributed by atoms with Gasteiger partial charge >= 0.3 is 0 Å². The molecule has 2 rings (SSSR count). The average molecular weight is 288 g/mol. The Labute approximate surface area is 119 Å². The van der Waals surface area contributed by atoms with Crippen LogP contribution in [0.25, 0.3) is 0 Å². The van der Waals surface area contributed by atoms with Crippen LogP contribution < -0.4 is 11.1 Å². The maximum atomic E-state index is 12.1. The van der Waals surface area contributed by atoms with Gasteiger partial charge in [-0.25, -0.2) is 4.98 Å². The molecule has 1 aliphatic carbocycles. The predicted molar refractivity (Wildman–Crippen MR) is 75.5 cm³/mol. The number of oxazole rings is 1. The van der Waals surface area contributed by atoms with Crippen molar-refractivity contribution in [2.24, 2.45) is 11.7 Å². The van der Waals surface area contributed by atoms with Gasteiger partial charge in [0.15, 0.2) is 5.89 Å². The van der Waals surface area contributed by atoms with E-state index in [1.54, 1.807) is 13.8 Å². The molecule has 5 nitrogen and oxygen atoms in total. The van der Waals surface area contributed by atoms with Crippen molar-refractivity contribution < 1.29 is 9.21 Å². The molecule has 19 heavy (non-hydrogen) atoms. The summed E-state index contributed by atoms with van der Waals surface area (Å²) in [6.45, 7) is 4.15. The van der Waals surface area contributed by atoms with Crippen LogP contribution >= 0.6 is 12.4 Å². The zero-order valence-corrected chi connectivity index (χ0v) is 12.3. The second-order valence-electron chi connectivity index (χ2n) is 5.01. The van der Waals surface area contributed by atoms with Gasteiger partial charge in [-0.3, -0.25) is 4.79 Å². The number of rotatable bonds is 3. The number of carbonyl (C=O) groups excluding carboxylic acids is 1. The summed E-state index contributed by atoms with van der Waals surface area (Å²) < 4.78 is 5.33. The third kappa shape index (κ3) is 3.70. The van der Waals surface area contributed by atoms with Crippen molar-refractivity contribution in [2.45, 2.75) is 45.6 Å². The van der Waals surface area contributed by atoms with Gasteiger partial charge < -0.3 is 15.5 Å². The summed E-state index contributed by atoms with van der Waals surface area (Å²) >= 11 is 0. The zero-order valence-electron chi connectivity index (χ0n) is 11.4. The van der Waals surface area contributed by atoms with Crippen LogP contribution in [0.4, 0.5) is 0 Å². The SMILES string of the molecule is Cc1nc(C)c(C(=O)NC2CCCCC2CN)o1.Cl. The molecule has 0 saturated heterocycles. The molecule has 1 aromatic heterocycles. The number of hydrogen-bond acceptors (Lipinski definition) is 4. The second kappa shape index (κ2) is 6.91. The first kappa shape index (κ1) is 16.0. The Hall–Kier alpha value is -1.07. The molecule has 0 spiro atoms. The van der Waals surface area contributed by atoms with Crippen LogP contribution in [0.2, 0.25) is 0 Å². The largest absolute Gasteiger partial charge is 0.436 e. The van der Waals surface area contributed by atoms with Crippen molar-refractivity contribution in [3.05, 3.63) is 17.3 Å². The number of halogens is 1. The van der Waals surface area contributed by atoms with E-state index in [0.29, 0.717) is 29.8 Å². The lowest BCUT2D eigenvalue weighted by Gasteiger charge is -2.31. The van der Waals surface area contributed by atoms with Gasteiger partial charge in [0.25, 0.3) is 5.91 Å². The monoisotopic (exact) mass is 287 g/mol. The van der Waals surface area contributed by atoms with E-state index >= 15 is 0 Å². The first-order chi connectivity index (χ1) is 8.61. The van der Waals surface area contributed by atoms with E-state index in [2.05, 4.69) is 10.3 Å². The van der Waals surface area contributed by atoms with Gasteiger partial charge in [-0.15, -0.1) is 12.4 Å². The quantitative estimate of drug-likeness (QED) is 0.890. The highest BCUT2D eigenvalue weighted by Gasteiger charge is 2.27. The Morgan fingerprint density at radius 2 is 2.11 bits per heavy atom. The van der Waals surface area contributed by atoms with E-state index in [4.69, 9.17) is 10.2 Å². The van der Waals surface area contributed by atoms with Crippen LogP contribution in [-0.4, -0.2) is 23.5 Å². The molecule has 0 radical (unpaired) electrons. The van der Waals surface area contributed by atoms with Gasteiger partial charge in [0.2, 0.25) is 5.76 Å². The molecule has 1 saturated carbocycles. The minimum Gasteiger partial charge on any atom is -0.436 e. The summed E-state index contributed by atoms with van der Waals surface area (Å²) in [6.07, 6.45) is 4.44. The lowest BCUT2D eigenvalue weighted by molar-refractivity contribution is 0.0877. The Balaban J connectivity index is 0.00000180. The van der Waals surface area contributed by atoms with Crippen molar-refractivity contribution in [1.29, 1.82) is 0 Å². The van der Waals surface area contributed by atoms with E-state index in [1.165, 1.54) is 6.42 Å². The second-order valence-corrected chi connectivity index (χ2v) is 5.01. The number of nitrogens with two attached hydrogens (primary N) is 1. The topological polar surface area (TPSA) is 81.2 Å². The summed E-state index contributed by atoms with van der Waals surface area (Å²) in [5.41, 5.74) is 6.40. The van der Waals surface area contributed by atoms with Crippen molar-refractivity contribution in [3.63, 3.8) is 0 Å². The lowest BCUT2D eigenvalue weighted by Crippen LogP contribution is -2.44. The van der Waals surface area contributed by atoms with E-state index < -0.39 is 0 Å². The molecule has 1 heterocycles. The Morgan fingerprint density at radius 3 is 2.68 bits per heavy atom. The van der Waals surface area contributed by atoms with E-state index in [1.807, 2.05) is 0 Å². The Kier molecular flexibility index (Phi) is 5.82. The first-order valence-corrected chi connectivity index (χ1v) is 6.56. The molecule has 1 aromatic rings. The van der Waals surface area contributed by atoms with Crippen molar-refractivity contribution in [1.82, 2.24) is 10.3 Å². The van der Waals surface area contributed by atoms with Gasteiger partial charge in [-0.1, -0.05) is 12.8 Å². The van der Waals surface area contributed by atoms with Crippen LogP contribution in [0, 0.1) is 19.8 Å². The minimum absolute atomic E-state index is 0. The summed E-state index contributed by atoms with van der Waals surface area (Å²) in [4.78, 5) is 16.2. The molecule has 1 fully saturated rings. The number of aryl methyl sites for hydroxylation is 2. The van der Waals surface area contributed by atoms with Gasteiger partial charge in [0.1, 0.15) is 0 Å². The highest BCUT2D eigenvalue weighted by Crippen LogP contribution is 2.24. The number of nitrogens with zero attached hydrogens (tertiary/aromatic N) is 1.